The minimum atomic E-state index is -0.358. The van der Waals surface area contributed by atoms with Crippen LogP contribution in [0.3, 0.4) is 0 Å². The molecule has 2 N–H and O–H groups in total. The summed E-state index contributed by atoms with van der Waals surface area (Å²) in [7, 11) is 0. The van der Waals surface area contributed by atoms with Crippen molar-refractivity contribution in [1.82, 2.24) is 5.16 Å². The first-order chi connectivity index (χ1) is 8.47. The Morgan fingerprint density at radius 2 is 1.94 bits per heavy atom. The van der Waals surface area contributed by atoms with Crippen LogP contribution in [0.1, 0.15) is 27.4 Å². The maximum atomic E-state index is 11.9. The summed E-state index contributed by atoms with van der Waals surface area (Å²) in [5, 5.41) is 15.9. The fourth-order valence-corrected chi connectivity index (χ4v) is 1.59. The van der Waals surface area contributed by atoms with Crippen molar-refractivity contribution in [3.63, 3.8) is 0 Å². The number of nitrogens with zero attached hydrogens (tertiary/aromatic N) is 1. The molecule has 1 aromatic heterocycles. The Bertz CT molecular complexity index is 602. The molecule has 5 nitrogen and oxygen atoms in total. The van der Waals surface area contributed by atoms with Crippen molar-refractivity contribution < 1.29 is 14.4 Å². The van der Waals surface area contributed by atoms with E-state index in [1.807, 2.05) is 0 Å². The molecule has 0 atom stereocenters. The van der Waals surface area contributed by atoms with Gasteiger partial charge < -0.3 is 14.9 Å². The monoisotopic (exact) mass is 246 g/mol. The average Bonchev–Trinajstić information content (AvgIpc) is 2.73. The van der Waals surface area contributed by atoms with Gasteiger partial charge in [-0.3, -0.25) is 4.79 Å². The molecular weight excluding hydrogens is 232 g/mol. The fourth-order valence-electron chi connectivity index (χ4n) is 1.59. The van der Waals surface area contributed by atoms with E-state index in [4.69, 9.17) is 4.52 Å². The van der Waals surface area contributed by atoms with E-state index in [2.05, 4.69) is 10.5 Å². The van der Waals surface area contributed by atoms with E-state index in [0.29, 0.717) is 16.9 Å². The lowest BCUT2D eigenvalue weighted by molar-refractivity contribution is 0.0988. The molecule has 0 saturated heterocycles. The van der Waals surface area contributed by atoms with Crippen molar-refractivity contribution in [1.29, 1.82) is 0 Å². The third-order valence-electron chi connectivity index (χ3n) is 2.64. The van der Waals surface area contributed by atoms with Crippen LogP contribution in [-0.4, -0.2) is 16.2 Å². The van der Waals surface area contributed by atoms with E-state index >= 15 is 0 Å². The lowest BCUT2D eigenvalue weighted by atomic mass is 10.1. The van der Waals surface area contributed by atoms with E-state index in [0.717, 1.165) is 5.56 Å². The zero-order valence-electron chi connectivity index (χ0n) is 10.4. The topological polar surface area (TPSA) is 75.4 Å². The van der Waals surface area contributed by atoms with Gasteiger partial charge in [0.05, 0.1) is 5.69 Å². The molecule has 18 heavy (non-hydrogen) atoms. The van der Waals surface area contributed by atoms with Gasteiger partial charge >= 0.3 is 0 Å². The number of benzene rings is 1. The average molecular weight is 246 g/mol. The normalized spacial score (nSPS) is 10.4. The molecule has 0 aliphatic carbocycles. The third kappa shape index (κ3) is 2.34. The molecule has 0 bridgehead atoms. The second-order valence-electron chi connectivity index (χ2n) is 4.24. The first-order valence-corrected chi connectivity index (χ1v) is 5.52. The molecule has 1 heterocycles. The van der Waals surface area contributed by atoms with E-state index < -0.39 is 0 Å². The summed E-state index contributed by atoms with van der Waals surface area (Å²) in [6.07, 6.45) is 0. The summed E-state index contributed by atoms with van der Waals surface area (Å²) >= 11 is 0. The number of hydrogen-bond acceptors (Lipinski definition) is 4. The van der Waals surface area contributed by atoms with Gasteiger partial charge in [-0.2, -0.15) is 0 Å². The van der Waals surface area contributed by atoms with E-state index in [9.17, 15) is 9.90 Å². The number of phenolic OH excluding ortho intramolecular Hbond substituents is 1. The summed E-state index contributed by atoms with van der Waals surface area (Å²) in [4.78, 5) is 11.9. The molecule has 0 aliphatic rings. The van der Waals surface area contributed by atoms with Crippen molar-refractivity contribution >= 4 is 11.6 Å². The number of nitrogens with one attached hydrogen (secondary N) is 1. The molecular formula is C13H14N2O3. The van der Waals surface area contributed by atoms with Gasteiger partial charge in [-0.05, 0) is 44.0 Å². The van der Waals surface area contributed by atoms with Crippen molar-refractivity contribution in [2.75, 3.05) is 5.32 Å². The van der Waals surface area contributed by atoms with Gasteiger partial charge in [-0.25, -0.2) is 0 Å². The summed E-state index contributed by atoms with van der Waals surface area (Å²) in [6, 6.07) is 4.89. The molecule has 0 spiro atoms. The second kappa shape index (κ2) is 4.52. The molecule has 2 aromatic rings. The minimum absolute atomic E-state index is 0.164. The van der Waals surface area contributed by atoms with Crippen LogP contribution in [0.15, 0.2) is 22.7 Å². The lowest BCUT2D eigenvalue weighted by Crippen LogP contribution is -2.12. The minimum Gasteiger partial charge on any atom is -0.508 e. The quantitative estimate of drug-likeness (QED) is 0.798. The highest BCUT2D eigenvalue weighted by Gasteiger charge is 2.13. The first kappa shape index (κ1) is 12.2. The number of aromatic nitrogens is 1. The highest BCUT2D eigenvalue weighted by atomic mass is 16.5. The number of aryl methyl sites for hydroxylation is 3. The maximum absolute atomic E-state index is 11.9. The van der Waals surface area contributed by atoms with Crippen molar-refractivity contribution in [3.8, 4) is 5.75 Å². The van der Waals surface area contributed by atoms with Crippen LogP contribution >= 0.6 is 0 Å². The summed E-state index contributed by atoms with van der Waals surface area (Å²) in [6.45, 7) is 5.32. The predicted octanol–water partition coefficient (Wildman–Crippen LogP) is 2.56. The van der Waals surface area contributed by atoms with E-state index in [1.165, 1.54) is 0 Å². The Morgan fingerprint density at radius 3 is 2.56 bits per heavy atom. The van der Waals surface area contributed by atoms with Crippen molar-refractivity contribution in [3.05, 3.63) is 40.8 Å². The van der Waals surface area contributed by atoms with Crippen LogP contribution in [0.4, 0.5) is 5.69 Å². The Kier molecular flexibility index (Phi) is 3.06. The SMILES string of the molecule is Cc1cc(C(=O)Nc2cc(C)c(O)cc2C)on1. The van der Waals surface area contributed by atoms with Gasteiger partial charge in [0.2, 0.25) is 5.76 Å². The Hall–Kier alpha value is -2.30. The summed E-state index contributed by atoms with van der Waals surface area (Å²) < 4.78 is 4.88. The van der Waals surface area contributed by atoms with Crippen LogP contribution in [0.25, 0.3) is 0 Å². The van der Waals surface area contributed by atoms with Gasteiger partial charge in [0.15, 0.2) is 0 Å². The van der Waals surface area contributed by atoms with Gasteiger partial charge in [0.25, 0.3) is 5.91 Å². The zero-order chi connectivity index (χ0) is 13.3. The number of aromatic hydroxyl groups is 1. The fraction of sp³-hybridized carbons (Fsp3) is 0.231. The third-order valence-corrected chi connectivity index (χ3v) is 2.64. The highest BCUT2D eigenvalue weighted by Crippen LogP contribution is 2.25. The molecule has 1 amide bonds. The lowest BCUT2D eigenvalue weighted by Gasteiger charge is -2.09. The zero-order valence-corrected chi connectivity index (χ0v) is 10.4. The van der Waals surface area contributed by atoms with Crippen molar-refractivity contribution in [2.24, 2.45) is 0 Å². The molecule has 0 aliphatic heterocycles. The standard InChI is InChI=1S/C13H14N2O3/c1-7-5-11(16)8(2)4-10(7)14-13(17)12-6-9(3)15-18-12/h4-6,16H,1-3H3,(H,14,17). The molecule has 0 unspecified atom stereocenters. The molecule has 1 aromatic carbocycles. The maximum Gasteiger partial charge on any atom is 0.294 e. The Morgan fingerprint density at radius 1 is 1.22 bits per heavy atom. The number of anilines is 1. The van der Waals surface area contributed by atoms with Crippen LogP contribution in [-0.2, 0) is 0 Å². The van der Waals surface area contributed by atoms with E-state index in [1.54, 1.807) is 39.0 Å². The smallest absolute Gasteiger partial charge is 0.294 e. The highest BCUT2D eigenvalue weighted by molar-refractivity contribution is 6.02. The Labute approximate surface area is 104 Å². The van der Waals surface area contributed by atoms with Gasteiger partial charge in [0, 0.05) is 11.8 Å². The molecule has 94 valence electrons. The first-order valence-electron chi connectivity index (χ1n) is 5.52. The Balaban J connectivity index is 2.24. The molecule has 0 fully saturated rings. The van der Waals surface area contributed by atoms with Gasteiger partial charge in [-0.1, -0.05) is 5.16 Å². The number of carbonyl (C=O) groups excluding carboxylic acids is 1. The molecule has 0 saturated carbocycles. The van der Waals surface area contributed by atoms with Crippen LogP contribution < -0.4 is 5.32 Å². The summed E-state index contributed by atoms with van der Waals surface area (Å²) in [5.41, 5.74) is 2.77. The van der Waals surface area contributed by atoms with Gasteiger partial charge in [0.1, 0.15) is 5.75 Å². The van der Waals surface area contributed by atoms with Crippen molar-refractivity contribution in [2.45, 2.75) is 20.8 Å². The molecule has 5 heteroatoms. The number of phenols is 1. The number of hydrogen-bond donors (Lipinski definition) is 2. The number of carbonyl (C=O) groups is 1. The van der Waals surface area contributed by atoms with Crippen LogP contribution in [0.2, 0.25) is 0 Å². The van der Waals surface area contributed by atoms with Gasteiger partial charge in [-0.15, -0.1) is 0 Å². The second-order valence-corrected chi connectivity index (χ2v) is 4.24. The number of rotatable bonds is 2. The van der Waals surface area contributed by atoms with Crippen LogP contribution in [0.5, 0.6) is 5.75 Å². The summed E-state index contributed by atoms with van der Waals surface area (Å²) in [5.74, 6) is 0.0161. The van der Waals surface area contributed by atoms with E-state index in [-0.39, 0.29) is 17.4 Å². The molecule has 0 radical (unpaired) electrons. The predicted molar refractivity (Wildman–Crippen MR) is 66.8 cm³/mol. The molecule has 2 rings (SSSR count). The largest absolute Gasteiger partial charge is 0.508 e. The van der Waals surface area contributed by atoms with Crippen LogP contribution in [0, 0.1) is 20.8 Å². The number of amides is 1.